The van der Waals surface area contributed by atoms with Crippen molar-refractivity contribution in [3.8, 4) is 22.5 Å². The highest BCUT2D eigenvalue weighted by Crippen LogP contribution is 2.33. The Hall–Kier alpha value is -3.27. The summed E-state index contributed by atoms with van der Waals surface area (Å²) >= 11 is 0. The third kappa shape index (κ3) is 5.13. The van der Waals surface area contributed by atoms with Crippen molar-refractivity contribution in [3.63, 3.8) is 0 Å². The Morgan fingerprint density at radius 2 is 1.60 bits per heavy atom. The molecule has 0 aliphatic carbocycles. The predicted molar refractivity (Wildman–Crippen MR) is 157 cm³/mol. The number of rotatable bonds is 5. The van der Waals surface area contributed by atoms with Crippen LogP contribution in [0.3, 0.4) is 0 Å². The second kappa shape index (κ2) is 10.6. The summed E-state index contributed by atoms with van der Waals surface area (Å²) in [4.78, 5) is 9.79. The lowest BCUT2D eigenvalue weighted by Gasteiger charge is -2.41. The van der Waals surface area contributed by atoms with E-state index in [0.717, 1.165) is 91.3 Å². The van der Waals surface area contributed by atoms with Crippen molar-refractivity contribution in [2.24, 2.45) is 7.05 Å². The van der Waals surface area contributed by atoms with Crippen LogP contribution in [0.5, 0.6) is 0 Å². The maximum atomic E-state index is 15.5. The third-order valence-corrected chi connectivity index (χ3v) is 9.54. The fourth-order valence-corrected chi connectivity index (χ4v) is 6.71. The van der Waals surface area contributed by atoms with E-state index < -0.39 is 9.84 Å². The largest absolute Gasteiger partial charge is 0.381 e. The van der Waals surface area contributed by atoms with Gasteiger partial charge in [-0.1, -0.05) is 18.2 Å². The minimum Gasteiger partial charge on any atom is -0.381 e. The predicted octanol–water partition coefficient (Wildman–Crippen LogP) is 5.06. The topological polar surface area (TPSA) is 67.7 Å². The van der Waals surface area contributed by atoms with Crippen molar-refractivity contribution in [1.29, 1.82) is 0 Å². The molecule has 210 valence electrons. The maximum absolute atomic E-state index is 15.5. The maximum Gasteiger partial charge on any atom is 0.175 e. The summed E-state index contributed by atoms with van der Waals surface area (Å²) in [5.41, 5.74) is 5.83. The zero-order chi connectivity index (χ0) is 28.0. The Morgan fingerprint density at radius 1 is 0.925 bits per heavy atom. The first-order chi connectivity index (χ1) is 19.2. The van der Waals surface area contributed by atoms with Crippen LogP contribution in [0, 0.1) is 12.7 Å². The first-order valence-electron chi connectivity index (χ1n) is 13.8. The van der Waals surface area contributed by atoms with E-state index in [1.807, 2.05) is 44.3 Å². The lowest BCUT2D eigenvalue weighted by molar-refractivity contribution is 0.0321. The molecule has 0 bridgehead atoms. The molecular weight excluding hydrogens is 527 g/mol. The zero-order valence-corrected chi connectivity index (χ0v) is 24.0. The van der Waals surface area contributed by atoms with Crippen molar-refractivity contribution in [1.82, 2.24) is 14.5 Å². The summed E-state index contributed by atoms with van der Waals surface area (Å²) < 4.78 is 46.8. The van der Waals surface area contributed by atoms with Gasteiger partial charge in [0, 0.05) is 81.1 Å². The number of fused-ring (bicyclic) bond motifs is 1. The van der Waals surface area contributed by atoms with Gasteiger partial charge >= 0.3 is 0 Å². The molecule has 0 radical (unpaired) electrons. The lowest BCUT2D eigenvalue weighted by Crippen LogP contribution is -2.51. The number of ether oxygens (including phenoxy) is 1. The Labute approximate surface area is 235 Å². The zero-order valence-electron chi connectivity index (χ0n) is 23.2. The number of hydrogen-bond acceptors (Lipinski definition) is 6. The molecule has 0 amide bonds. The van der Waals surface area contributed by atoms with Crippen LogP contribution >= 0.6 is 0 Å². The van der Waals surface area contributed by atoms with Gasteiger partial charge in [-0.05, 0) is 61.7 Å². The van der Waals surface area contributed by atoms with Crippen LogP contribution < -0.4 is 4.90 Å². The number of pyridine rings is 1. The number of anilines is 1. The van der Waals surface area contributed by atoms with E-state index in [-0.39, 0.29) is 5.82 Å². The van der Waals surface area contributed by atoms with Crippen molar-refractivity contribution in [2.45, 2.75) is 30.7 Å². The summed E-state index contributed by atoms with van der Waals surface area (Å²) in [6.07, 6.45) is 3.37. The highest BCUT2D eigenvalue weighted by molar-refractivity contribution is 7.90. The van der Waals surface area contributed by atoms with Gasteiger partial charge in [-0.2, -0.15) is 0 Å². The molecule has 2 aliphatic rings. The third-order valence-electron chi connectivity index (χ3n) is 8.41. The van der Waals surface area contributed by atoms with Gasteiger partial charge in [0.25, 0.3) is 0 Å². The number of sulfone groups is 1. The Bertz CT molecular complexity index is 1650. The molecule has 2 aromatic carbocycles. The number of nitrogens with zero attached hydrogens (tertiary/aromatic N) is 4. The van der Waals surface area contributed by atoms with E-state index in [1.54, 1.807) is 18.2 Å². The van der Waals surface area contributed by atoms with E-state index in [2.05, 4.69) is 20.4 Å². The molecule has 7 nitrogen and oxygen atoms in total. The van der Waals surface area contributed by atoms with Gasteiger partial charge in [-0.15, -0.1) is 0 Å². The van der Waals surface area contributed by atoms with Crippen LogP contribution in [0.4, 0.5) is 10.1 Å². The molecule has 0 unspecified atom stereocenters. The first-order valence-corrected chi connectivity index (χ1v) is 15.7. The van der Waals surface area contributed by atoms with Gasteiger partial charge in [0.1, 0.15) is 5.82 Å². The van der Waals surface area contributed by atoms with Crippen molar-refractivity contribution < 1.29 is 17.5 Å². The van der Waals surface area contributed by atoms with Gasteiger partial charge in [-0.3, -0.25) is 9.88 Å². The Balaban J connectivity index is 1.24. The van der Waals surface area contributed by atoms with Crippen molar-refractivity contribution in [3.05, 3.63) is 66.1 Å². The minimum atomic E-state index is -3.26. The number of hydrogen-bond donors (Lipinski definition) is 0. The molecule has 0 spiro atoms. The molecule has 2 fully saturated rings. The quantitative estimate of drug-likeness (QED) is 0.339. The standard InChI is InChI=1S/C31H35FN4O3S/c1-21-26-19-30(22-4-7-25(8-5-22)40(3,37)38)34(2)31(26)20-28(33-21)23-6-9-29(27(32)18-23)36-14-12-35(13-15-36)24-10-16-39-17-11-24/h4-9,18-20,24H,10-17H2,1-3H3. The lowest BCUT2D eigenvalue weighted by atomic mass is 10.1. The molecule has 40 heavy (non-hydrogen) atoms. The molecule has 4 aromatic rings. The smallest absolute Gasteiger partial charge is 0.175 e. The summed E-state index contributed by atoms with van der Waals surface area (Å²) in [6.45, 7) is 7.14. The molecule has 0 saturated carbocycles. The minimum absolute atomic E-state index is 0.227. The summed E-state index contributed by atoms with van der Waals surface area (Å²) in [5, 5.41) is 1.01. The highest BCUT2D eigenvalue weighted by Gasteiger charge is 2.26. The molecule has 9 heteroatoms. The number of benzene rings is 2. The molecule has 2 aromatic heterocycles. The fraction of sp³-hybridized carbons (Fsp3) is 0.387. The monoisotopic (exact) mass is 562 g/mol. The van der Waals surface area contributed by atoms with Gasteiger partial charge < -0.3 is 14.2 Å². The first kappa shape index (κ1) is 26.9. The number of aryl methyl sites for hydroxylation is 2. The highest BCUT2D eigenvalue weighted by atomic mass is 32.2. The SMILES string of the molecule is Cc1nc(-c2ccc(N3CCN(C4CCOCC4)CC3)c(F)c2)cc2c1cc(-c1ccc(S(C)(=O)=O)cc1)n2C. The van der Waals surface area contributed by atoms with Crippen molar-refractivity contribution >= 4 is 26.4 Å². The molecule has 0 atom stereocenters. The van der Waals surface area contributed by atoms with Crippen LogP contribution in [0.15, 0.2) is 59.5 Å². The Kier molecular flexibility index (Phi) is 7.14. The van der Waals surface area contributed by atoms with E-state index in [4.69, 9.17) is 9.72 Å². The van der Waals surface area contributed by atoms with Crippen LogP contribution in [0.25, 0.3) is 33.4 Å². The van der Waals surface area contributed by atoms with E-state index >= 15 is 4.39 Å². The molecular formula is C31H35FN4O3S. The van der Waals surface area contributed by atoms with Crippen LogP contribution in [0.1, 0.15) is 18.5 Å². The average Bonchev–Trinajstić information content (AvgIpc) is 3.30. The summed E-state index contributed by atoms with van der Waals surface area (Å²) in [5.74, 6) is -0.227. The van der Waals surface area contributed by atoms with Gasteiger partial charge in [0.05, 0.1) is 21.8 Å². The molecule has 4 heterocycles. The van der Waals surface area contributed by atoms with Gasteiger partial charge in [0.15, 0.2) is 9.84 Å². The second-order valence-electron chi connectivity index (χ2n) is 10.9. The fourth-order valence-electron chi connectivity index (χ4n) is 6.08. The van der Waals surface area contributed by atoms with Crippen molar-refractivity contribution in [2.75, 3.05) is 50.5 Å². The van der Waals surface area contributed by atoms with E-state index in [9.17, 15) is 8.42 Å². The number of halogens is 1. The van der Waals surface area contributed by atoms with Crippen LogP contribution in [-0.4, -0.2) is 74.6 Å². The molecule has 2 aliphatic heterocycles. The van der Waals surface area contributed by atoms with E-state index in [1.165, 1.54) is 6.26 Å². The molecule has 0 N–H and O–H groups in total. The summed E-state index contributed by atoms with van der Waals surface area (Å²) in [6, 6.07) is 17.0. The number of piperazine rings is 1. The van der Waals surface area contributed by atoms with Gasteiger partial charge in [-0.25, -0.2) is 12.8 Å². The Morgan fingerprint density at radius 3 is 2.25 bits per heavy atom. The normalized spacial score (nSPS) is 17.6. The average molecular weight is 563 g/mol. The van der Waals surface area contributed by atoms with Gasteiger partial charge in [0.2, 0.25) is 0 Å². The van der Waals surface area contributed by atoms with Crippen LogP contribution in [0.2, 0.25) is 0 Å². The number of aromatic nitrogens is 2. The molecule has 6 rings (SSSR count). The molecule has 2 saturated heterocycles. The van der Waals surface area contributed by atoms with E-state index in [0.29, 0.717) is 16.6 Å². The summed E-state index contributed by atoms with van der Waals surface area (Å²) in [7, 11) is -1.28. The second-order valence-corrected chi connectivity index (χ2v) is 13.0. The van der Waals surface area contributed by atoms with Crippen LogP contribution in [-0.2, 0) is 21.6 Å².